The molecule has 0 unspecified atom stereocenters. The monoisotopic (exact) mass is 314 g/mol. The van der Waals surface area contributed by atoms with Crippen molar-refractivity contribution in [1.29, 1.82) is 0 Å². The van der Waals surface area contributed by atoms with E-state index in [4.69, 9.17) is 4.74 Å². The van der Waals surface area contributed by atoms with Gasteiger partial charge in [-0.05, 0) is 30.5 Å². The average molecular weight is 314 g/mol. The van der Waals surface area contributed by atoms with Crippen LogP contribution in [0.25, 0.3) is 0 Å². The molecule has 1 heterocycles. The van der Waals surface area contributed by atoms with Crippen molar-refractivity contribution >= 4 is 17.5 Å². The molecule has 1 aromatic carbocycles. The van der Waals surface area contributed by atoms with Crippen molar-refractivity contribution < 1.29 is 9.53 Å². The quantitative estimate of drug-likeness (QED) is 0.768. The molecular formula is C17H22N4O2. The van der Waals surface area contributed by atoms with E-state index in [-0.39, 0.29) is 5.91 Å². The number of benzene rings is 1. The van der Waals surface area contributed by atoms with Gasteiger partial charge in [0.1, 0.15) is 5.69 Å². The zero-order valence-electron chi connectivity index (χ0n) is 13.7. The number of carbonyl (C=O) groups excluding carboxylic acids is 1. The third-order valence-corrected chi connectivity index (χ3v) is 3.46. The Kier molecular flexibility index (Phi) is 6.05. The highest BCUT2D eigenvalue weighted by Gasteiger charge is 2.12. The number of aryl methyl sites for hydroxylation is 2. The molecule has 6 heteroatoms. The maximum absolute atomic E-state index is 12.5. The van der Waals surface area contributed by atoms with Crippen molar-refractivity contribution in [1.82, 2.24) is 9.97 Å². The predicted molar refractivity (Wildman–Crippen MR) is 90.9 cm³/mol. The lowest BCUT2D eigenvalue weighted by Crippen LogP contribution is -2.17. The first kappa shape index (κ1) is 16.9. The van der Waals surface area contributed by atoms with Crippen molar-refractivity contribution in [3.05, 3.63) is 47.3 Å². The van der Waals surface area contributed by atoms with E-state index in [1.807, 2.05) is 25.1 Å². The third-order valence-electron chi connectivity index (χ3n) is 3.46. The van der Waals surface area contributed by atoms with Crippen LogP contribution in [-0.4, -0.2) is 36.1 Å². The standard InChI is InChI=1S/C17H22N4O2/c1-4-13-7-5-6-12(2)15(13)21-16(22)14-8-9-18-17(20-14)19-10-11-23-3/h5-9H,4,10-11H2,1-3H3,(H,21,22)(H,18,19,20). The fourth-order valence-corrected chi connectivity index (χ4v) is 2.21. The summed E-state index contributed by atoms with van der Waals surface area (Å²) >= 11 is 0. The lowest BCUT2D eigenvalue weighted by Gasteiger charge is -2.13. The Morgan fingerprint density at radius 2 is 2.13 bits per heavy atom. The molecule has 1 amide bonds. The third kappa shape index (κ3) is 4.50. The minimum absolute atomic E-state index is 0.244. The molecule has 2 rings (SSSR count). The Hall–Kier alpha value is -2.47. The number of para-hydroxylation sites is 1. The first-order chi connectivity index (χ1) is 11.2. The van der Waals surface area contributed by atoms with E-state index in [2.05, 4.69) is 27.5 Å². The molecule has 0 aliphatic rings. The Labute approximate surface area is 136 Å². The number of carbonyl (C=O) groups is 1. The van der Waals surface area contributed by atoms with Crippen LogP contribution in [0.15, 0.2) is 30.5 Å². The molecule has 23 heavy (non-hydrogen) atoms. The van der Waals surface area contributed by atoms with Crippen molar-refractivity contribution in [2.75, 3.05) is 30.9 Å². The summed E-state index contributed by atoms with van der Waals surface area (Å²) in [6, 6.07) is 7.58. The summed E-state index contributed by atoms with van der Waals surface area (Å²) in [6.45, 7) is 5.17. The number of rotatable bonds is 7. The van der Waals surface area contributed by atoms with Gasteiger partial charge >= 0.3 is 0 Å². The maximum atomic E-state index is 12.5. The smallest absolute Gasteiger partial charge is 0.274 e. The summed E-state index contributed by atoms with van der Waals surface area (Å²) in [6.07, 6.45) is 2.42. The van der Waals surface area contributed by atoms with Crippen LogP contribution >= 0.6 is 0 Å². The van der Waals surface area contributed by atoms with E-state index in [0.717, 1.165) is 23.2 Å². The number of nitrogens with one attached hydrogen (secondary N) is 2. The normalized spacial score (nSPS) is 10.4. The summed E-state index contributed by atoms with van der Waals surface area (Å²) in [5, 5.41) is 5.97. The lowest BCUT2D eigenvalue weighted by molar-refractivity contribution is 0.102. The second-order valence-electron chi connectivity index (χ2n) is 5.10. The molecule has 0 saturated heterocycles. The molecule has 2 N–H and O–H groups in total. The van der Waals surface area contributed by atoms with Gasteiger partial charge < -0.3 is 15.4 Å². The first-order valence-corrected chi connectivity index (χ1v) is 7.61. The maximum Gasteiger partial charge on any atom is 0.274 e. The molecule has 0 radical (unpaired) electrons. The van der Waals surface area contributed by atoms with Crippen LogP contribution in [0.2, 0.25) is 0 Å². The van der Waals surface area contributed by atoms with Crippen LogP contribution in [0.1, 0.15) is 28.5 Å². The van der Waals surface area contributed by atoms with E-state index < -0.39 is 0 Å². The van der Waals surface area contributed by atoms with Gasteiger partial charge in [-0.1, -0.05) is 25.1 Å². The van der Waals surface area contributed by atoms with Crippen LogP contribution in [0, 0.1) is 6.92 Å². The van der Waals surface area contributed by atoms with Gasteiger partial charge in [0.15, 0.2) is 0 Å². The van der Waals surface area contributed by atoms with E-state index in [1.165, 1.54) is 0 Å². The highest BCUT2D eigenvalue weighted by atomic mass is 16.5. The number of hydrogen-bond acceptors (Lipinski definition) is 5. The largest absolute Gasteiger partial charge is 0.383 e. The summed E-state index contributed by atoms with van der Waals surface area (Å²) in [5.74, 6) is 0.168. The second kappa shape index (κ2) is 8.24. The first-order valence-electron chi connectivity index (χ1n) is 7.61. The molecule has 0 fully saturated rings. The number of hydrogen-bond donors (Lipinski definition) is 2. The number of ether oxygens (including phenoxy) is 1. The van der Waals surface area contributed by atoms with Crippen LogP contribution < -0.4 is 10.6 Å². The molecule has 122 valence electrons. The Morgan fingerprint density at radius 1 is 1.30 bits per heavy atom. The molecule has 0 bridgehead atoms. The Morgan fingerprint density at radius 3 is 2.87 bits per heavy atom. The highest BCUT2D eigenvalue weighted by Crippen LogP contribution is 2.21. The van der Waals surface area contributed by atoms with Gasteiger partial charge in [0.25, 0.3) is 5.91 Å². The summed E-state index contributed by atoms with van der Waals surface area (Å²) in [4.78, 5) is 20.8. The fourth-order valence-electron chi connectivity index (χ4n) is 2.21. The molecule has 0 aliphatic carbocycles. The van der Waals surface area contributed by atoms with Crippen molar-refractivity contribution in [2.45, 2.75) is 20.3 Å². The molecule has 0 aliphatic heterocycles. The Balaban J connectivity index is 2.14. The molecular weight excluding hydrogens is 292 g/mol. The van der Waals surface area contributed by atoms with Crippen LogP contribution in [0.5, 0.6) is 0 Å². The predicted octanol–water partition coefficient (Wildman–Crippen LogP) is 2.66. The van der Waals surface area contributed by atoms with Crippen LogP contribution in [0.3, 0.4) is 0 Å². The van der Waals surface area contributed by atoms with Gasteiger partial charge in [-0.3, -0.25) is 4.79 Å². The van der Waals surface area contributed by atoms with E-state index in [1.54, 1.807) is 19.4 Å². The number of nitrogens with zero attached hydrogens (tertiary/aromatic N) is 2. The molecule has 0 spiro atoms. The summed E-state index contributed by atoms with van der Waals surface area (Å²) < 4.78 is 4.96. The molecule has 0 saturated carbocycles. The molecule has 0 atom stereocenters. The molecule has 6 nitrogen and oxygen atoms in total. The van der Waals surface area contributed by atoms with Crippen molar-refractivity contribution in [3.8, 4) is 0 Å². The summed E-state index contributed by atoms with van der Waals surface area (Å²) in [7, 11) is 1.62. The lowest BCUT2D eigenvalue weighted by atomic mass is 10.1. The minimum Gasteiger partial charge on any atom is -0.383 e. The van der Waals surface area contributed by atoms with E-state index in [9.17, 15) is 4.79 Å². The number of methoxy groups -OCH3 is 1. The SMILES string of the molecule is CCc1cccc(C)c1NC(=O)c1ccnc(NCCOC)n1. The second-order valence-corrected chi connectivity index (χ2v) is 5.10. The fraction of sp³-hybridized carbons (Fsp3) is 0.353. The number of amides is 1. The Bertz CT molecular complexity index is 673. The number of anilines is 2. The average Bonchev–Trinajstić information content (AvgIpc) is 2.57. The van der Waals surface area contributed by atoms with Gasteiger partial charge in [-0.25, -0.2) is 9.97 Å². The molecule has 2 aromatic rings. The van der Waals surface area contributed by atoms with Crippen molar-refractivity contribution in [2.24, 2.45) is 0 Å². The van der Waals surface area contributed by atoms with E-state index in [0.29, 0.717) is 24.8 Å². The van der Waals surface area contributed by atoms with Gasteiger partial charge in [0.2, 0.25) is 5.95 Å². The van der Waals surface area contributed by atoms with Gasteiger partial charge in [-0.2, -0.15) is 0 Å². The van der Waals surface area contributed by atoms with Gasteiger partial charge in [0, 0.05) is 25.5 Å². The minimum atomic E-state index is -0.244. The van der Waals surface area contributed by atoms with Crippen LogP contribution in [-0.2, 0) is 11.2 Å². The zero-order chi connectivity index (χ0) is 16.7. The molecule has 1 aromatic heterocycles. The topological polar surface area (TPSA) is 76.1 Å². The summed E-state index contributed by atoms with van der Waals surface area (Å²) in [5.41, 5.74) is 3.31. The zero-order valence-corrected chi connectivity index (χ0v) is 13.7. The van der Waals surface area contributed by atoms with Gasteiger partial charge in [0.05, 0.1) is 6.61 Å². The van der Waals surface area contributed by atoms with Crippen molar-refractivity contribution in [3.63, 3.8) is 0 Å². The van der Waals surface area contributed by atoms with Gasteiger partial charge in [-0.15, -0.1) is 0 Å². The van der Waals surface area contributed by atoms with Crippen LogP contribution in [0.4, 0.5) is 11.6 Å². The highest BCUT2D eigenvalue weighted by molar-refractivity contribution is 6.03. The van der Waals surface area contributed by atoms with E-state index >= 15 is 0 Å². The number of aromatic nitrogens is 2.